The summed E-state index contributed by atoms with van der Waals surface area (Å²) < 4.78 is 21.7. The number of hydrogen-bond acceptors (Lipinski definition) is 23. The van der Waals surface area contributed by atoms with Crippen LogP contribution in [-0.2, 0) is 0 Å². The van der Waals surface area contributed by atoms with E-state index in [1.54, 1.807) is 111 Å². The van der Waals surface area contributed by atoms with Crippen LogP contribution in [0.3, 0.4) is 0 Å². The fourth-order valence-electron chi connectivity index (χ4n) is 3.78. The largest absolute Gasteiger partial charge is 0.473 e. The van der Waals surface area contributed by atoms with E-state index in [2.05, 4.69) is 127 Å². The molecule has 1 aliphatic carbocycles. The predicted molar refractivity (Wildman–Crippen MR) is 317 cm³/mol. The molecular weight excluding hydrogens is 1060 g/mol. The summed E-state index contributed by atoms with van der Waals surface area (Å²) >= 11 is 3.18. The highest BCUT2D eigenvalue weighted by molar-refractivity contribution is 7.07. The molecule has 0 N–H and O–H groups in total. The third kappa shape index (κ3) is 63.3. The molecule has 3 aliphatic rings. The van der Waals surface area contributed by atoms with Crippen molar-refractivity contribution in [1.29, 1.82) is 0 Å². The van der Waals surface area contributed by atoms with Crippen molar-refractivity contribution in [3.8, 4) is 0 Å². The van der Waals surface area contributed by atoms with Crippen LogP contribution in [0.5, 0.6) is 0 Å². The molecule has 0 bridgehead atoms. The quantitative estimate of drug-likeness (QED) is 0.136. The fourth-order valence-corrected chi connectivity index (χ4v) is 4.59. The van der Waals surface area contributed by atoms with Crippen molar-refractivity contribution in [2.24, 2.45) is 9.98 Å². The van der Waals surface area contributed by atoms with Gasteiger partial charge in [0.2, 0.25) is 12.8 Å². The smallest absolute Gasteiger partial charge is 0.203 e. The predicted octanol–water partition coefficient (Wildman–Crippen LogP) is 12.8. The maximum absolute atomic E-state index is 4.58. The molecule has 12 aromatic rings. The third-order valence-corrected chi connectivity index (χ3v) is 8.14. The lowest BCUT2D eigenvalue weighted by atomic mass is 10.4. The van der Waals surface area contributed by atoms with Gasteiger partial charge in [0.15, 0.2) is 12.8 Å². The van der Waals surface area contributed by atoms with Crippen LogP contribution in [-0.4, -0.2) is 93.8 Å². The zero-order valence-electron chi connectivity index (χ0n) is 43.9. The van der Waals surface area contributed by atoms with Crippen LogP contribution in [0.15, 0.2) is 352 Å². The first-order valence-electron chi connectivity index (χ1n) is 23.8. The lowest BCUT2D eigenvalue weighted by Crippen LogP contribution is -1.73. The fraction of sp³-hybridized carbons (Fsp3) is 0.0517. The van der Waals surface area contributed by atoms with E-state index in [0.717, 1.165) is 19.4 Å². The number of thiophene rings is 1. The second-order valence-electron chi connectivity index (χ2n) is 12.9. The van der Waals surface area contributed by atoms with E-state index >= 15 is 0 Å². The molecule has 23 heteroatoms. The van der Waals surface area contributed by atoms with Crippen LogP contribution in [0, 0.1) is 0 Å². The van der Waals surface area contributed by atoms with E-state index in [9.17, 15) is 0 Å². The average Bonchev–Trinajstić information content (AvgIpc) is 4.42. The molecular formula is C58H61N17O4S2. The van der Waals surface area contributed by atoms with Crippen molar-refractivity contribution in [3.63, 3.8) is 0 Å². The molecule has 15 rings (SSSR count). The molecule has 81 heavy (non-hydrogen) atoms. The SMILES string of the molecule is C1=CCC=C1.C1=CCN=C1.C1=CN=CC1.c1ccccc1.c1ccncc1.c1ccnnc1.c1ccnnc1.c1ccoc1.c1ccsc1.c1cncnc1.c1cnsc1.c1cocn1.c1cocn1.c1ncncn1.c1nnco1. The van der Waals surface area contributed by atoms with E-state index in [0.29, 0.717) is 0 Å². The second kappa shape index (κ2) is 65.2. The summed E-state index contributed by atoms with van der Waals surface area (Å²) in [6, 6.07) is 36.4. The van der Waals surface area contributed by atoms with E-state index < -0.39 is 0 Å². The van der Waals surface area contributed by atoms with Gasteiger partial charge in [0.05, 0.1) is 31.5 Å². The average molecular weight is 1120 g/mol. The zero-order chi connectivity index (χ0) is 57.3. The number of furan rings is 1. The Labute approximate surface area is 479 Å². The van der Waals surface area contributed by atoms with Gasteiger partial charge >= 0.3 is 0 Å². The molecule has 13 heterocycles. The van der Waals surface area contributed by atoms with E-state index in [1.165, 1.54) is 74.9 Å². The van der Waals surface area contributed by atoms with Gasteiger partial charge in [0.25, 0.3) is 0 Å². The number of pyridine rings is 1. The Morgan fingerprint density at radius 3 is 1.00 bits per heavy atom. The summed E-state index contributed by atoms with van der Waals surface area (Å²) in [5, 5.41) is 26.8. The van der Waals surface area contributed by atoms with Crippen molar-refractivity contribution in [2.75, 3.05) is 6.54 Å². The molecule has 0 unspecified atom stereocenters. The Bertz CT molecular complexity index is 2150. The lowest BCUT2D eigenvalue weighted by molar-refractivity contribution is 0.553. The number of allylic oxidation sites excluding steroid dienone is 6. The summed E-state index contributed by atoms with van der Waals surface area (Å²) in [6.45, 7) is 0.889. The first kappa shape index (κ1) is 68.1. The topological polar surface area (TPSA) is 271 Å². The maximum atomic E-state index is 4.58. The molecule has 0 atom stereocenters. The Balaban J connectivity index is 0.000000434. The van der Waals surface area contributed by atoms with Crippen molar-refractivity contribution in [1.82, 2.24) is 74.8 Å². The van der Waals surface area contributed by atoms with E-state index in [-0.39, 0.29) is 0 Å². The minimum Gasteiger partial charge on any atom is -0.473 e. The van der Waals surface area contributed by atoms with Crippen molar-refractivity contribution in [3.05, 3.63) is 324 Å². The molecule has 0 amide bonds. The number of rotatable bonds is 0. The van der Waals surface area contributed by atoms with Crippen LogP contribution in [0.4, 0.5) is 0 Å². The summed E-state index contributed by atoms with van der Waals surface area (Å²) in [5.74, 6) is 0. The van der Waals surface area contributed by atoms with Gasteiger partial charge in [-0.2, -0.15) is 31.7 Å². The Morgan fingerprint density at radius 1 is 0.321 bits per heavy atom. The van der Waals surface area contributed by atoms with Gasteiger partial charge in [-0.25, -0.2) is 39.3 Å². The molecule has 11 aromatic heterocycles. The first-order valence-corrected chi connectivity index (χ1v) is 25.6. The molecule has 0 radical (unpaired) electrons. The Hall–Kier alpha value is -10.9. The highest BCUT2D eigenvalue weighted by atomic mass is 32.1. The Morgan fingerprint density at radius 2 is 0.840 bits per heavy atom. The summed E-state index contributed by atoms with van der Waals surface area (Å²) in [4.78, 5) is 36.6. The number of hydrogen-bond donors (Lipinski definition) is 0. The summed E-state index contributed by atoms with van der Waals surface area (Å²) in [6.07, 6.45) is 57.7. The normalized spacial score (nSPS) is 9.78. The van der Waals surface area contributed by atoms with Gasteiger partial charge in [-0.1, -0.05) is 91.1 Å². The van der Waals surface area contributed by atoms with Crippen LogP contribution in [0.1, 0.15) is 12.8 Å². The van der Waals surface area contributed by atoms with Gasteiger partial charge in [0, 0.05) is 86.2 Å². The monoisotopic (exact) mass is 1120 g/mol. The van der Waals surface area contributed by atoms with Gasteiger partial charge in [-0.3, -0.25) is 15.0 Å². The van der Waals surface area contributed by atoms with Crippen LogP contribution in [0.25, 0.3) is 0 Å². The van der Waals surface area contributed by atoms with Crippen LogP contribution >= 0.6 is 22.9 Å². The molecule has 21 nitrogen and oxygen atoms in total. The molecule has 0 saturated heterocycles. The van der Waals surface area contributed by atoms with Crippen LogP contribution in [0.2, 0.25) is 0 Å². The minimum atomic E-state index is 0.889. The summed E-state index contributed by atoms with van der Waals surface area (Å²) in [7, 11) is 0. The highest BCUT2D eigenvalue weighted by Gasteiger charge is 1.74. The van der Waals surface area contributed by atoms with E-state index in [1.807, 2.05) is 150 Å². The maximum Gasteiger partial charge on any atom is 0.203 e. The third-order valence-electron chi connectivity index (χ3n) is 6.98. The van der Waals surface area contributed by atoms with Crippen molar-refractivity contribution >= 4 is 35.3 Å². The number of oxazole rings is 2. The summed E-state index contributed by atoms with van der Waals surface area (Å²) in [5.41, 5.74) is 0. The molecule has 2 aliphatic heterocycles. The van der Waals surface area contributed by atoms with Crippen molar-refractivity contribution in [2.45, 2.75) is 12.8 Å². The number of aromatic nitrogens is 15. The number of benzene rings is 1. The lowest BCUT2D eigenvalue weighted by Gasteiger charge is -1.70. The highest BCUT2D eigenvalue weighted by Crippen LogP contribution is 1.93. The molecule has 0 spiro atoms. The van der Waals surface area contributed by atoms with Gasteiger partial charge in [0.1, 0.15) is 37.8 Å². The zero-order valence-corrected chi connectivity index (χ0v) is 45.6. The molecule has 0 fully saturated rings. The molecule has 1 aromatic carbocycles. The van der Waals surface area contributed by atoms with Crippen LogP contribution < -0.4 is 0 Å². The van der Waals surface area contributed by atoms with E-state index in [4.69, 9.17) is 0 Å². The van der Waals surface area contributed by atoms with Gasteiger partial charge in [-0.05, 0) is 95.5 Å². The first-order chi connectivity index (χ1) is 40.5. The Kier molecular flexibility index (Phi) is 54.8. The second-order valence-corrected chi connectivity index (χ2v) is 14.4. The number of aliphatic imine (C=N–C) groups is 2. The van der Waals surface area contributed by atoms with Gasteiger partial charge < -0.3 is 17.7 Å². The standard InChI is InChI=1S/C6H6.C5H5N.C5H6.3C4H4N2.2C4H5N.C4H4O.C4H4S.C3H3N3.2C3H3NO.C3H3NS.C2H2N2O/c2*1-2-4-6-5-3-1;1-2-4-5-3-1;1-2-5-4-6-3-1;2*1-2-4-6-5-3-1;4*1-2-4-5-3-1;1-4-2-6-3-5-1;2*1-2-5-3-4-1;1-2-4-5-3-1;1-3-4-2-5-1/h1-6H;1-5H;1-4H,5H2;3*1-4H;1,3-4H,2H2;1-3H,4H2;2*1-4H;1-3H;3*1-3H;1-2H. The molecule has 414 valence electrons. The minimum absolute atomic E-state index is 0.889. The van der Waals surface area contributed by atoms with Crippen molar-refractivity contribution < 1.29 is 17.7 Å². The number of nitrogens with zero attached hydrogens (tertiary/aromatic N) is 17. The van der Waals surface area contributed by atoms with Gasteiger partial charge in [-0.15, -0.1) is 10.2 Å². The molecule has 0 saturated carbocycles.